The Labute approximate surface area is 117 Å². The van der Waals surface area contributed by atoms with Crippen LogP contribution in [0.15, 0.2) is 24.3 Å². The first kappa shape index (κ1) is 14.5. The van der Waals surface area contributed by atoms with Gasteiger partial charge in [0.1, 0.15) is 0 Å². The monoisotopic (exact) mass is 277 g/mol. The molecule has 1 fully saturated rings. The van der Waals surface area contributed by atoms with E-state index in [0.717, 1.165) is 24.0 Å². The normalized spacial score (nSPS) is 17.3. The molecule has 0 heterocycles. The summed E-state index contributed by atoms with van der Waals surface area (Å²) in [5.74, 6) is -1.31. The maximum absolute atomic E-state index is 12.4. The third-order valence-electron chi connectivity index (χ3n) is 3.69. The molecular weight excluding hydrogens is 258 g/mol. The van der Waals surface area contributed by atoms with Gasteiger partial charge in [0.05, 0.1) is 12.0 Å². The molecule has 20 heavy (non-hydrogen) atoms. The molecule has 0 saturated heterocycles. The Bertz CT molecular complexity index is 522. The number of carboxylic acid groups (broad SMARTS) is 1. The average molecular weight is 277 g/mol. The highest BCUT2D eigenvalue weighted by Crippen LogP contribution is 2.48. The molecule has 1 atom stereocenters. The van der Waals surface area contributed by atoms with E-state index in [1.54, 1.807) is 0 Å². The van der Waals surface area contributed by atoms with Crippen LogP contribution in [0.2, 0.25) is 0 Å². The van der Waals surface area contributed by atoms with Crippen LogP contribution in [0.4, 0.5) is 0 Å². The zero-order valence-corrected chi connectivity index (χ0v) is 11.7. The third kappa shape index (κ3) is 2.82. The Kier molecular flexibility index (Phi) is 4.09. The van der Waals surface area contributed by atoms with E-state index in [1.807, 2.05) is 31.2 Å². The number of nitrogens with one attached hydrogen (secondary N) is 1. The van der Waals surface area contributed by atoms with Gasteiger partial charge in [-0.1, -0.05) is 29.8 Å². The van der Waals surface area contributed by atoms with Crippen molar-refractivity contribution in [2.75, 3.05) is 13.7 Å². The van der Waals surface area contributed by atoms with E-state index >= 15 is 0 Å². The summed E-state index contributed by atoms with van der Waals surface area (Å²) in [6.45, 7) is 1.94. The molecule has 5 heteroatoms. The molecule has 5 nitrogen and oxygen atoms in total. The van der Waals surface area contributed by atoms with Crippen molar-refractivity contribution in [1.29, 1.82) is 0 Å². The van der Waals surface area contributed by atoms with E-state index in [0.29, 0.717) is 0 Å². The summed E-state index contributed by atoms with van der Waals surface area (Å²) < 4.78 is 4.83. The second-order valence-electron chi connectivity index (χ2n) is 5.27. The van der Waals surface area contributed by atoms with Crippen LogP contribution < -0.4 is 5.32 Å². The summed E-state index contributed by atoms with van der Waals surface area (Å²) >= 11 is 0. The Morgan fingerprint density at radius 3 is 2.65 bits per heavy atom. The number of methoxy groups -OCH3 is 1. The maximum atomic E-state index is 12.4. The van der Waals surface area contributed by atoms with Crippen molar-refractivity contribution < 1.29 is 19.4 Å². The van der Waals surface area contributed by atoms with Gasteiger partial charge in [0, 0.05) is 7.11 Å². The highest BCUT2D eigenvalue weighted by Gasteiger charge is 2.51. The zero-order chi connectivity index (χ0) is 14.8. The van der Waals surface area contributed by atoms with Gasteiger partial charge in [0.25, 0.3) is 0 Å². The molecule has 2 N–H and O–H groups in total. The van der Waals surface area contributed by atoms with Crippen LogP contribution >= 0.6 is 0 Å². The van der Waals surface area contributed by atoms with Crippen LogP contribution in [0.25, 0.3) is 0 Å². The Hall–Kier alpha value is -1.88. The van der Waals surface area contributed by atoms with E-state index < -0.39 is 17.4 Å². The minimum Gasteiger partial charge on any atom is -0.480 e. The summed E-state index contributed by atoms with van der Waals surface area (Å²) in [7, 11) is 1.41. The first-order chi connectivity index (χ1) is 9.49. The van der Waals surface area contributed by atoms with E-state index in [2.05, 4.69) is 5.32 Å². The summed E-state index contributed by atoms with van der Waals surface area (Å²) in [5, 5.41) is 11.6. The molecule has 0 aromatic heterocycles. The number of carbonyl (C=O) groups excluding carboxylic acids is 1. The van der Waals surface area contributed by atoms with Gasteiger partial charge in [0.2, 0.25) is 5.91 Å². The Morgan fingerprint density at radius 2 is 2.15 bits per heavy atom. The van der Waals surface area contributed by atoms with Gasteiger partial charge >= 0.3 is 5.97 Å². The molecule has 1 aliphatic rings. The molecule has 0 radical (unpaired) electrons. The number of aryl methyl sites for hydroxylation is 1. The van der Waals surface area contributed by atoms with Gasteiger partial charge < -0.3 is 15.2 Å². The second kappa shape index (κ2) is 5.63. The SMILES string of the molecule is COCC(NC(=O)C1(c2cccc(C)c2)CC1)C(=O)O. The van der Waals surface area contributed by atoms with Gasteiger partial charge in [-0.3, -0.25) is 4.79 Å². The lowest BCUT2D eigenvalue weighted by molar-refractivity contribution is -0.143. The summed E-state index contributed by atoms with van der Waals surface area (Å²) in [5.41, 5.74) is 1.48. The summed E-state index contributed by atoms with van der Waals surface area (Å²) in [6, 6.07) is 6.80. The van der Waals surface area contributed by atoms with Crippen molar-refractivity contribution in [2.45, 2.75) is 31.2 Å². The second-order valence-corrected chi connectivity index (χ2v) is 5.27. The molecule has 0 spiro atoms. The number of hydrogen-bond acceptors (Lipinski definition) is 3. The fourth-order valence-electron chi connectivity index (χ4n) is 2.35. The van der Waals surface area contributed by atoms with Gasteiger partial charge in [-0.05, 0) is 25.3 Å². The van der Waals surface area contributed by atoms with Crippen molar-refractivity contribution in [3.05, 3.63) is 35.4 Å². The fourth-order valence-corrected chi connectivity index (χ4v) is 2.35. The van der Waals surface area contributed by atoms with Gasteiger partial charge in [-0.25, -0.2) is 4.79 Å². The lowest BCUT2D eigenvalue weighted by atomic mass is 9.93. The molecule has 2 rings (SSSR count). The molecule has 1 amide bonds. The standard InChI is InChI=1S/C15H19NO4/c1-10-4-3-5-11(8-10)15(6-7-15)14(19)16-12(9-20-2)13(17)18/h3-5,8,12H,6-7,9H2,1-2H3,(H,16,19)(H,17,18). The smallest absolute Gasteiger partial charge is 0.328 e. The van der Waals surface area contributed by atoms with Gasteiger partial charge in [-0.15, -0.1) is 0 Å². The largest absolute Gasteiger partial charge is 0.480 e. The number of benzene rings is 1. The molecular formula is C15H19NO4. The summed E-state index contributed by atoms with van der Waals surface area (Å²) in [4.78, 5) is 23.5. The third-order valence-corrected chi connectivity index (χ3v) is 3.69. The number of rotatable bonds is 6. The van der Waals surface area contributed by atoms with Crippen LogP contribution in [0.5, 0.6) is 0 Å². The van der Waals surface area contributed by atoms with Crippen molar-refractivity contribution in [3.63, 3.8) is 0 Å². The first-order valence-electron chi connectivity index (χ1n) is 6.59. The lowest BCUT2D eigenvalue weighted by Crippen LogP contribution is -2.47. The highest BCUT2D eigenvalue weighted by atomic mass is 16.5. The van der Waals surface area contributed by atoms with Crippen molar-refractivity contribution in [2.24, 2.45) is 0 Å². The van der Waals surface area contributed by atoms with Gasteiger partial charge in [-0.2, -0.15) is 0 Å². The lowest BCUT2D eigenvalue weighted by Gasteiger charge is -2.20. The van der Waals surface area contributed by atoms with Crippen molar-refractivity contribution >= 4 is 11.9 Å². The van der Waals surface area contributed by atoms with E-state index in [9.17, 15) is 9.59 Å². The minimum absolute atomic E-state index is 0.0367. The quantitative estimate of drug-likeness (QED) is 0.820. The van der Waals surface area contributed by atoms with Crippen LogP contribution in [0.3, 0.4) is 0 Å². The zero-order valence-electron chi connectivity index (χ0n) is 11.7. The number of aliphatic carboxylic acids is 1. The van der Waals surface area contributed by atoms with Crippen LogP contribution in [-0.4, -0.2) is 36.7 Å². The van der Waals surface area contributed by atoms with Crippen LogP contribution in [0, 0.1) is 6.92 Å². The van der Waals surface area contributed by atoms with Crippen molar-refractivity contribution in [3.8, 4) is 0 Å². The predicted molar refractivity (Wildman–Crippen MR) is 73.5 cm³/mol. The average Bonchev–Trinajstić information content (AvgIpc) is 3.19. The highest BCUT2D eigenvalue weighted by molar-refractivity contribution is 5.94. The summed E-state index contributed by atoms with van der Waals surface area (Å²) in [6.07, 6.45) is 1.50. The first-order valence-corrected chi connectivity index (χ1v) is 6.59. The van der Waals surface area contributed by atoms with E-state index in [-0.39, 0.29) is 12.5 Å². The number of amides is 1. The maximum Gasteiger partial charge on any atom is 0.328 e. The van der Waals surface area contributed by atoms with E-state index in [4.69, 9.17) is 9.84 Å². The van der Waals surface area contributed by atoms with Gasteiger partial charge in [0.15, 0.2) is 6.04 Å². The molecule has 1 saturated carbocycles. The van der Waals surface area contributed by atoms with E-state index in [1.165, 1.54) is 7.11 Å². The molecule has 0 aliphatic heterocycles. The number of hydrogen-bond donors (Lipinski definition) is 2. The number of ether oxygens (including phenoxy) is 1. The number of carbonyl (C=O) groups is 2. The van der Waals surface area contributed by atoms with Crippen LogP contribution in [-0.2, 0) is 19.7 Å². The van der Waals surface area contributed by atoms with Crippen LogP contribution in [0.1, 0.15) is 24.0 Å². The predicted octanol–water partition coefficient (Wildman–Crippen LogP) is 1.24. The topological polar surface area (TPSA) is 75.6 Å². The van der Waals surface area contributed by atoms with Crippen molar-refractivity contribution in [1.82, 2.24) is 5.32 Å². The molecule has 1 aliphatic carbocycles. The molecule has 1 aromatic carbocycles. The Balaban J connectivity index is 2.14. The fraction of sp³-hybridized carbons (Fsp3) is 0.467. The molecule has 0 bridgehead atoms. The Morgan fingerprint density at radius 1 is 1.45 bits per heavy atom. The molecule has 1 aromatic rings. The molecule has 1 unspecified atom stereocenters. The minimum atomic E-state index is -1.08. The number of carboxylic acids is 1. The molecule has 108 valence electrons.